The van der Waals surface area contributed by atoms with Crippen LogP contribution in [0.5, 0.6) is 11.5 Å². The summed E-state index contributed by atoms with van der Waals surface area (Å²) >= 11 is 0. The highest BCUT2D eigenvalue weighted by Crippen LogP contribution is 2.63. The highest BCUT2D eigenvalue weighted by molar-refractivity contribution is 5.97. The summed E-state index contributed by atoms with van der Waals surface area (Å²) < 4.78 is 6.87. The van der Waals surface area contributed by atoms with Crippen LogP contribution in [-0.2, 0) is 5.41 Å². The Kier molecular flexibility index (Phi) is 6.03. The van der Waals surface area contributed by atoms with Gasteiger partial charge in [0, 0.05) is 11.6 Å². The molecule has 0 N–H and O–H groups in total. The van der Waals surface area contributed by atoms with E-state index in [1.165, 1.54) is 55.6 Å². The molecule has 0 aromatic heterocycles. The molecular formula is C49H33NO. The third-order valence-electron chi connectivity index (χ3n) is 11.4. The summed E-state index contributed by atoms with van der Waals surface area (Å²) in [4.78, 5) is 2.41. The molecule has 1 aliphatic heterocycles. The van der Waals surface area contributed by atoms with Gasteiger partial charge in [0.15, 0.2) is 11.5 Å². The van der Waals surface area contributed by atoms with Crippen molar-refractivity contribution in [2.24, 2.45) is 0 Å². The Hall–Kier alpha value is -6.38. The fourth-order valence-corrected chi connectivity index (χ4v) is 9.19. The fourth-order valence-electron chi connectivity index (χ4n) is 9.19. The third-order valence-corrected chi connectivity index (χ3v) is 11.4. The van der Waals surface area contributed by atoms with E-state index in [2.05, 4.69) is 187 Å². The van der Waals surface area contributed by atoms with Crippen LogP contribution in [0.3, 0.4) is 0 Å². The Bertz CT molecular complexity index is 2550. The average Bonchev–Trinajstić information content (AvgIpc) is 3.67. The molecule has 1 unspecified atom stereocenters. The molecule has 3 aliphatic carbocycles. The Morgan fingerprint density at radius 1 is 0.490 bits per heavy atom. The Morgan fingerprint density at radius 2 is 1.10 bits per heavy atom. The van der Waals surface area contributed by atoms with Crippen molar-refractivity contribution in [1.29, 1.82) is 0 Å². The quantitative estimate of drug-likeness (QED) is 0.188. The molecule has 11 rings (SSSR count). The molecule has 51 heavy (non-hydrogen) atoms. The van der Waals surface area contributed by atoms with Crippen LogP contribution in [0.15, 0.2) is 182 Å². The first kappa shape index (κ1) is 28.5. The van der Waals surface area contributed by atoms with Crippen molar-refractivity contribution < 1.29 is 4.74 Å². The molecule has 1 atom stereocenters. The van der Waals surface area contributed by atoms with E-state index in [-0.39, 0.29) is 0 Å². The van der Waals surface area contributed by atoms with Crippen molar-refractivity contribution >= 4 is 17.1 Å². The first-order valence-electron chi connectivity index (χ1n) is 17.9. The van der Waals surface area contributed by atoms with Gasteiger partial charge < -0.3 is 9.64 Å². The number of rotatable bonds is 3. The molecule has 2 heteroatoms. The molecule has 0 radical (unpaired) electrons. The Balaban J connectivity index is 1.15. The van der Waals surface area contributed by atoms with Gasteiger partial charge in [-0.15, -0.1) is 0 Å². The van der Waals surface area contributed by atoms with E-state index in [9.17, 15) is 0 Å². The van der Waals surface area contributed by atoms with Crippen molar-refractivity contribution in [2.75, 3.05) is 4.90 Å². The minimum atomic E-state index is -0.408. The molecule has 2 nitrogen and oxygen atoms in total. The summed E-state index contributed by atoms with van der Waals surface area (Å²) in [7, 11) is 0. The number of hydrogen-bond acceptors (Lipinski definition) is 2. The predicted molar refractivity (Wildman–Crippen MR) is 209 cm³/mol. The lowest BCUT2D eigenvalue weighted by molar-refractivity contribution is 0.476. The van der Waals surface area contributed by atoms with Crippen LogP contribution in [0, 0.1) is 0 Å². The van der Waals surface area contributed by atoms with Gasteiger partial charge in [0.25, 0.3) is 0 Å². The van der Waals surface area contributed by atoms with Crippen LogP contribution in [0.1, 0.15) is 40.2 Å². The lowest BCUT2D eigenvalue weighted by atomic mass is 9.70. The van der Waals surface area contributed by atoms with E-state index in [0.29, 0.717) is 5.92 Å². The smallest absolute Gasteiger partial charge is 0.152 e. The second-order valence-corrected chi connectivity index (χ2v) is 14.0. The molecule has 240 valence electrons. The SMILES string of the molecule is C1=CCC(c2ccc3c(c2)Oc2cc(-c4ccccc4)ccc2N3c2ccc3c(c2)C2(c4ccccc4-c4ccccc42)c2ccccc2-3)C=C1. The van der Waals surface area contributed by atoms with Crippen molar-refractivity contribution in [3.63, 3.8) is 0 Å². The lowest BCUT2D eigenvalue weighted by Gasteiger charge is -2.35. The Labute approximate surface area is 298 Å². The van der Waals surface area contributed by atoms with E-state index in [1.807, 2.05) is 0 Å². The summed E-state index contributed by atoms with van der Waals surface area (Å²) in [6, 6.07) is 58.1. The molecular weight excluding hydrogens is 619 g/mol. The highest BCUT2D eigenvalue weighted by atomic mass is 16.5. The number of ether oxygens (including phenoxy) is 1. The van der Waals surface area contributed by atoms with Crippen LogP contribution in [-0.4, -0.2) is 0 Å². The van der Waals surface area contributed by atoms with E-state index in [1.54, 1.807) is 0 Å². The minimum absolute atomic E-state index is 0.329. The Morgan fingerprint density at radius 3 is 1.76 bits per heavy atom. The molecule has 4 aliphatic rings. The molecule has 0 fully saturated rings. The van der Waals surface area contributed by atoms with Crippen LogP contribution in [0.2, 0.25) is 0 Å². The van der Waals surface area contributed by atoms with Gasteiger partial charge in [0.1, 0.15) is 0 Å². The zero-order chi connectivity index (χ0) is 33.5. The third kappa shape index (κ3) is 3.99. The van der Waals surface area contributed by atoms with Crippen LogP contribution >= 0.6 is 0 Å². The van der Waals surface area contributed by atoms with Gasteiger partial charge in [-0.05, 0) is 104 Å². The summed E-state index contributed by atoms with van der Waals surface area (Å²) in [5.74, 6) is 2.06. The van der Waals surface area contributed by atoms with Crippen LogP contribution < -0.4 is 9.64 Å². The molecule has 0 saturated heterocycles. The zero-order valence-electron chi connectivity index (χ0n) is 28.0. The summed E-state index contributed by atoms with van der Waals surface area (Å²) in [5.41, 5.74) is 17.0. The largest absolute Gasteiger partial charge is 0.453 e. The van der Waals surface area contributed by atoms with E-state index in [4.69, 9.17) is 4.74 Å². The van der Waals surface area contributed by atoms with Crippen LogP contribution in [0.4, 0.5) is 17.1 Å². The van der Waals surface area contributed by atoms with Gasteiger partial charge in [0.2, 0.25) is 0 Å². The van der Waals surface area contributed by atoms with Crippen molar-refractivity contribution in [1.82, 2.24) is 0 Å². The molecule has 1 spiro atoms. The second kappa shape index (κ2) is 10.8. The number of anilines is 3. The first-order chi connectivity index (χ1) is 25.3. The maximum Gasteiger partial charge on any atom is 0.152 e. The number of fused-ring (bicyclic) bond motifs is 12. The molecule has 7 aromatic carbocycles. The van der Waals surface area contributed by atoms with Gasteiger partial charge in [-0.3, -0.25) is 0 Å². The van der Waals surface area contributed by atoms with Gasteiger partial charge in [-0.25, -0.2) is 0 Å². The molecule has 0 bridgehead atoms. The maximum absolute atomic E-state index is 6.87. The maximum atomic E-state index is 6.87. The molecule has 1 heterocycles. The highest BCUT2D eigenvalue weighted by Gasteiger charge is 2.51. The monoisotopic (exact) mass is 651 g/mol. The molecule has 0 amide bonds. The summed E-state index contributed by atoms with van der Waals surface area (Å²) in [6.07, 6.45) is 9.81. The summed E-state index contributed by atoms with van der Waals surface area (Å²) in [5, 5.41) is 0. The second-order valence-electron chi connectivity index (χ2n) is 14.0. The summed E-state index contributed by atoms with van der Waals surface area (Å²) in [6.45, 7) is 0. The first-order valence-corrected chi connectivity index (χ1v) is 17.9. The molecule has 7 aromatic rings. The zero-order valence-corrected chi connectivity index (χ0v) is 28.0. The van der Waals surface area contributed by atoms with Gasteiger partial charge in [-0.1, -0.05) is 146 Å². The van der Waals surface area contributed by atoms with Gasteiger partial charge in [-0.2, -0.15) is 0 Å². The van der Waals surface area contributed by atoms with E-state index in [0.717, 1.165) is 40.5 Å². The number of hydrogen-bond donors (Lipinski definition) is 0. The number of benzene rings is 7. The van der Waals surface area contributed by atoms with Crippen molar-refractivity contribution in [2.45, 2.75) is 17.8 Å². The number of allylic oxidation sites excluding steroid dienone is 4. The predicted octanol–water partition coefficient (Wildman–Crippen LogP) is 12.9. The average molecular weight is 652 g/mol. The van der Waals surface area contributed by atoms with Gasteiger partial charge in [0.05, 0.1) is 16.8 Å². The standard InChI is InChI=1S/C49H33NO/c1-3-13-32(14-4-1)34-23-27-45-47(29-34)51-48-30-35(33-15-5-2-6-16-33)24-28-46(48)50(45)36-25-26-40-39-19-9-12-22-43(39)49(44(40)31-36)41-20-10-7-17-37(41)38-18-8-11-21-42(38)49/h1-15,17-31,33H,16H2. The van der Waals surface area contributed by atoms with E-state index < -0.39 is 5.41 Å². The van der Waals surface area contributed by atoms with E-state index >= 15 is 0 Å². The minimum Gasteiger partial charge on any atom is -0.453 e. The fraction of sp³-hybridized carbons (Fsp3) is 0.0612. The van der Waals surface area contributed by atoms with Crippen molar-refractivity contribution in [3.8, 4) is 44.9 Å². The van der Waals surface area contributed by atoms with Crippen LogP contribution in [0.25, 0.3) is 33.4 Å². The topological polar surface area (TPSA) is 12.5 Å². The molecule has 0 saturated carbocycles. The van der Waals surface area contributed by atoms with Gasteiger partial charge >= 0.3 is 0 Å². The van der Waals surface area contributed by atoms with Crippen molar-refractivity contribution in [3.05, 3.63) is 210 Å². The lowest BCUT2D eigenvalue weighted by Crippen LogP contribution is -2.26. The normalized spacial score (nSPS) is 16.5. The number of nitrogens with zero attached hydrogens (tertiary/aromatic N) is 1.